The third-order valence-corrected chi connectivity index (χ3v) is 4.73. The molecular formula is C22H20N2O6. The molecular weight excluding hydrogens is 388 g/mol. The van der Waals surface area contributed by atoms with Crippen molar-refractivity contribution >= 4 is 23.5 Å². The highest BCUT2D eigenvalue weighted by Gasteiger charge is 2.43. The Morgan fingerprint density at radius 2 is 1.97 bits per heavy atom. The molecule has 2 aromatic carbocycles. The van der Waals surface area contributed by atoms with Crippen molar-refractivity contribution in [1.82, 2.24) is 4.90 Å². The molecule has 1 unspecified atom stereocenters. The van der Waals surface area contributed by atoms with Gasteiger partial charge in [-0.05, 0) is 17.2 Å². The van der Waals surface area contributed by atoms with Crippen molar-refractivity contribution in [2.24, 2.45) is 0 Å². The highest BCUT2D eigenvalue weighted by molar-refractivity contribution is 6.14. The van der Waals surface area contributed by atoms with Crippen LogP contribution in [0.4, 0.5) is 5.69 Å². The van der Waals surface area contributed by atoms with Gasteiger partial charge in [-0.25, -0.2) is 0 Å². The molecule has 1 atom stereocenters. The number of nitrogens with zero attached hydrogens (tertiary/aromatic N) is 2. The number of aliphatic hydroxyl groups is 1. The first-order valence-corrected chi connectivity index (χ1v) is 9.19. The number of nitro groups is 1. The van der Waals surface area contributed by atoms with Crippen LogP contribution in [0, 0.1) is 10.1 Å². The van der Waals surface area contributed by atoms with Crippen LogP contribution in [0.1, 0.15) is 17.2 Å². The van der Waals surface area contributed by atoms with Gasteiger partial charge >= 0.3 is 0 Å². The molecule has 0 aromatic heterocycles. The highest BCUT2D eigenvalue weighted by Crippen LogP contribution is 2.38. The maximum atomic E-state index is 12.9. The van der Waals surface area contributed by atoms with Crippen LogP contribution < -0.4 is 0 Å². The summed E-state index contributed by atoms with van der Waals surface area (Å²) in [4.78, 5) is 37.5. The Labute approximate surface area is 172 Å². The van der Waals surface area contributed by atoms with E-state index in [1.54, 1.807) is 24.3 Å². The molecule has 1 N–H and O–H groups in total. The van der Waals surface area contributed by atoms with Gasteiger partial charge in [0.05, 0.1) is 23.1 Å². The van der Waals surface area contributed by atoms with Crippen molar-refractivity contribution in [3.63, 3.8) is 0 Å². The standard InChI is InChI=1S/C22H20N2O6/c1-30-13-12-23-20(16-8-5-9-17(14-16)24(28)29)19(21(26)22(23)27)18(25)11-10-15-6-3-2-4-7-15/h2-11,14,20,26H,12-13H2,1H3. The predicted molar refractivity (Wildman–Crippen MR) is 110 cm³/mol. The number of hydrogen-bond acceptors (Lipinski definition) is 6. The number of non-ortho nitro benzene ring substituents is 1. The summed E-state index contributed by atoms with van der Waals surface area (Å²) in [6.45, 7) is 0.275. The lowest BCUT2D eigenvalue weighted by molar-refractivity contribution is -0.384. The minimum Gasteiger partial charge on any atom is -0.503 e. The second kappa shape index (κ2) is 9.15. The highest BCUT2D eigenvalue weighted by atomic mass is 16.6. The number of ether oxygens (including phenoxy) is 1. The van der Waals surface area contributed by atoms with E-state index in [0.29, 0.717) is 5.56 Å². The van der Waals surface area contributed by atoms with E-state index in [1.165, 1.54) is 36.3 Å². The molecule has 8 heteroatoms. The molecule has 0 aliphatic carbocycles. The number of rotatable bonds is 8. The third kappa shape index (κ3) is 4.28. The van der Waals surface area contributed by atoms with E-state index in [1.807, 2.05) is 18.2 Å². The molecule has 30 heavy (non-hydrogen) atoms. The van der Waals surface area contributed by atoms with E-state index in [-0.39, 0.29) is 24.4 Å². The van der Waals surface area contributed by atoms with E-state index in [4.69, 9.17) is 4.74 Å². The first-order valence-electron chi connectivity index (χ1n) is 9.19. The molecule has 1 amide bonds. The fraction of sp³-hybridized carbons (Fsp3) is 0.182. The van der Waals surface area contributed by atoms with Crippen LogP contribution in [0.2, 0.25) is 0 Å². The number of carbonyl (C=O) groups excluding carboxylic acids is 2. The predicted octanol–water partition coefficient (Wildman–Crippen LogP) is 3.22. The minimum absolute atomic E-state index is 0.103. The van der Waals surface area contributed by atoms with Crippen molar-refractivity contribution in [1.29, 1.82) is 0 Å². The van der Waals surface area contributed by atoms with E-state index < -0.39 is 28.4 Å². The third-order valence-electron chi connectivity index (χ3n) is 4.73. The average molecular weight is 408 g/mol. The van der Waals surface area contributed by atoms with Crippen LogP contribution in [0.5, 0.6) is 0 Å². The summed E-state index contributed by atoms with van der Waals surface area (Å²) in [5.41, 5.74) is 0.834. The average Bonchev–Trinajstić information content (AvgIpc) is 3.01. The minimum atomic E-state index is -0.958. The van der Waals surface area contributed by atoms with Gasteiger partial charge in [0, 0.05) is 25.8 Å². The van der Waals surface area contributed by atoms with Gasteiger partial charge < -0.3 is 14.7 Å². The summed E-state index contributed by atoms with van der Waals surface area (Å²) < 4.78 is 5.03. The van der Waals surface area contributed by atoms with Gasteiger partial charge in [0.1, 0.15) is 0 Å². The summed E-state index contributed by atoms with van der Waals surface area (Å²) in [5.74, 6) is -1.94. The second-order valence-electron chi connectivity index (χ2n) is 6.62. The smallest absolute Gasteiger partial charge is 0.290 e. The molecule has 1 heterocycles. The summed E-state index contributed by atoms with van der Waals surface area (Å²) in [5, 5.41) is 21.7. The van der Waals surface area contributed by atoms with E-state index in [9.17, 15) is 24.8 Å². The van der Waals surface area contributed by atoms with Gasteiger partial charge in [0.25, 0.3) is 11.6 Å². The van der Waals surface area contributed by atoms with E-state index >= 15 is 0 Å². The number of allylic oxidation sites excluding steroid dienone is 1. The SMILES string of the molecule is COCCN1C(=O)C(O)=C(C(=O)C=Cc2ccccc2)C1c1cccc([N+](=O)[O-])c1. The number of hydrogen-bond donors (Lipinski definition) is 1. The van der Waals surface area contributed by atoms with Crippen molar-refractivity contribution in [3.8, 4) is 0 Å². The normalized spacial score (nSPS) is 16.5. The number of methoxy groups -OCH3 is 1. The molecule has 1 aliphatic heterocycles. The largest absolute Gasteiger partial charge is 0.503 e. The maximum absolute atomic E-state index is 12.9. The van der Waals surface area contributed by atoms with Crippen molar-refractivity contribution in [2.75, 3.05) is 20.3 Å². The van der Waals surface area contributed by atoms with Crippen LogP contribution in [-0.2, 0) is 14.3 Å². The monoisotopic (exact) mass is 408 g/mol. The lowest BCUT2D eigenvalue weighted by Crippen LogP contribution is -2.33. The van der Waals surface area contributed by atoms with Crippen LogP contribution in [0.15, 0.2) is 72.0 Å². The lowest BCUT2D eigenvalue weighted by Gasteiger charge is -2.26. The number of aliphatic hydroxyl groups excluding tert-OH is 1. The molecule has 2 aromatic rings. The van der Waals surface area contributed by atoms with Crippen LogP contribution in [0.25, 0.3) is 6.08 Å². The summed E-state index contributed by atoms with van der Waals surface area (Å²) in [6.07, 6.45) is 2.85. The Morgan fingerprint density at radius 1 is 1.23 bits per heavy atom. The zero-order valence-electron chi connectivity index (χ0n) is 16.2. The molecule has 8 nitrogen and oxygen atoms in total. The molecule has 0 saturated heterocycles. The summed E-state index contributed by atoms with van der Waals surface area (Å²) in [6, 6.07) is 13.8. The molecule has 0 bridgehead atoms. The van der Waals surface area contributed by atoms with Gasteiger partial charge in [-0.1, -0.05) is 48.5 Å². The lowest BCUT2D eigenvalue weighted by atomic mass is 9.95. The molecule has 154 valence electrons. The maximum Gasteiger partial charge on any atom is 0.290 e. The van der Waals surface area contributed by atoms with Gasteiger partial charge in [0.15, 0.2) is 11.5 Å². The molecule has 3 rings (SSSR count). The number of benzene rings is 2. The van der Waals surface area contributed by atoms with Gasteiger partial charge in [0.2, 0.25) is 0 Å². The Kier molecular flexibility index (Phi) is 6.38. The topological polar surface area (TPSA) is 110 Å². The van der Waals surface area contributed by atoms with Crippen molar-refractivity contribution in [3.05, 3.63) is 93.2 Å². The quantitative estimate of drug-likeness (QED) is 0.408. The van der Waals surface area contributed by atoms with E-state index in [2.05, 4.69) is 0 Å². The van der Waals surface area contributed by atoms with Crippen LogP contribution in [-0.4, -0.2) is 46.9 Å². The fourth-order valence-electron chi connectivity index (χ4n) is 3.31. The first-order chi connectivity index (χ1) is 14.4. The van der Waals surface area contributed by atoms with Gasteiger partial charge in [-0.3, -0.25) is 19.7 Å². The van der Waals surface area contributed by atoms with Crippen LogP contribution in [0.3, 0.4) is 0 Å². The molecule has 0 saturated carbocycles. The Bertz CT molecular complexity index is 1030. The Morgan fingerprint density at radius 3 is 2.63 bits per heavy atom. The Balaban J connectivity index is 2.02. The zero-order chi connectivity index (χ0) is 21.7. The molecule has 1 aliphatic rings. The molecule has 0 radical (unpaired) electrons. The number of carbonyl (C=O) groups is 2. The number of nitro benzene ring substituents is 1. The zero-order valence-corrected chi connectivity index (χ0v) is 16.2. The van der Waals surface area contributed by atoms with Gasteiger partial charge in [-0.15, -0.1) is 0 Å². The van der Waals surface area contributed by atoms with E-state index in [0.717, 1.165) is 5.56 Å². The second-order valence-corrected chi connectivity index (χ2v) is 6.62. The van der Waals surface area contributed by atoms with Crippen molar-refractivity contribution < 1.29 is 24.4 Å². The molecule has 0 fully saturated rings. The fourth-order valence-corrected chi connectivity index (χ4v) is 3.31. The van der Waals surface area contributed by atoms with Crippen molar-refractivity contribution in [2.45, 2.75) is 6.04 Å². The Hall–Kier alpha value is -3.78. The summed E-state index contributed by atoms with van der Waals surface area (Å²) in [7, 11) is 1.46. The van der Waals surface area contributed by atoms with Gasteiger partial charge in [-0.2, -0.15) is 0 Å². The summed E-state index contributed by atoms with van der Waals surface area (Å²) >= 11 is 0. The number of amides is 1. The van der Waals surface area contributed by atoms with Crippen LogP contribution >= 0.6 is 0 Å². The molecule has 0 spiro atoms. The first kappa shape index (κ1) is 20.9. The number of ketones is 1.